The topological polar surface area (TPSA) is 120 Å². The number of nitrogens with zero attached hydrogens (tertiary/aromatic N) is 3. The first kappa shape index (κ1) is 29.1. The first-order valence-corrected chi connectivity index (χ1v) is 13.5. The summed E-state index contributed by atoms with van der Waals surface area (Å²) in [6.07, 6.45) is 0.854. The van der Waals surface area contributed by atoms with Crippen molar-refractivity contribution < 1.29 is 41.0 Å². The number of amides is 1. The third kappa shape index (κ3) is 4.91. The van der Waals surface area contributed by atoms with Gasteiger partial charge in [0, 0.05) is 51.0 Å². The van der Waals surface area contributed by atoms with E-state index < -0.39 is 45.3 Å². The van der Waals surface area contributed by atoms with Gasteiger partial charge in [0.25, 0.3) is 11.6 Å². The Morgan fingerprint density at radius 2 is 1.73 bits per heavy atom. The number of carbonyl (C=O) groups is 2. The molecule has 1 saturated heterocycles. The van der Waals surface area contributed by atoms with Gasteiger partial charge in [-0.15, -0.1) is 0 Å². The maximum atomic E-state index is 16.2. The number of rotatable bonds is 9. The Labute approximate surface area is 230 Å². The summed E-state index contributed by atoms with van der Waals surface area (Å²) in [5, 5.41) is 12.3. The monoisotopic (exact) mass is 575 g/mol. The number of halogens is 2. The van der Waals surface area contributed by atoms with Gasteiger partial charge in [-0.1, -0.05) is 36.4 Å². The average molecular weight is 576 g/mol. The van der Waals surface area contributed by atoms with Crippen LogP contribution in [0.4, 0.5) is 8.78 Å². The minimum atomic E-state index is -4.32. The molecule has 1 amide bonds. The lowest BCUT2D eigenvalue weighted by molar-refractivity contribution is -0.630. The second kappa shape index (κ2) is 10.9. The van der Waals surface area contributed by atoms with Gasteiger partial charge in [0.1, 0.15) is 6.04 Å². The van der Waals surface area contributed by atoms with Gasteiger partial charge in [-0.25, -0.2) is 8.42 Å². The Balaban J connectivity index is 1.70. The van der Waals surface area contributed by atoms with Crippen LogP contribution in [0.2, 0.25) is 0 Å². The number of hydrogen-bond acceptors (Lipinski definition) is 7. The van der Waals surface area contributed by atoms with E-state index in [0.717, 1.165) is 23.7 Å². The summed E-state index contributed by atoms with van der Waals surface area (Å²) >= 11 is 0. The van der Waals surface area contributed by atoms with Gasteiger partial charge < -0.3 is 19.6 Å². The molecule has 40 heavy (non-hydrogen) atoms. The van der Waals surface area contributed by atoms with Crippen LogP contribution in [0.25, 0.3) is 0 Å². The van der Waals surface area contributed by atoms with Crippen molar-refractivity contribution in [2.24, 2.45) is 0 Å². The van der Waals surface area contributed by atoms with E-state index in [1.54, 1.807) is 6.07 Å². The first-order valence-electron chi connectivity index (χ1n) is 12.1. The number of benzene rings is 2. The third-order valence-electron chi connectivity index (χ3n) is 6.58. The molecule has 1 aliphatic heterocycles. The van der Waals surface area contributed by atoms with Crippen molar-refractivity contribution in [2.45, 2.75) is 29.1 Å². The van der Waals surface area contributed by atoms with E-state index >= 15 is 8.78 Å². The molecule has 3 aromatic rings. The van der Waals surface area contributed by atoms with Crippen LogP contribution in [-0.2, 0) is 36.0 Å². The summed E-state index contributed by atoms with van der Waals surface area (Å²) in [7, 11) is -0.396. The van der Waals surface area contributed by atoms with Crippen LogP contribution >= 0.6 is 0 Å². The van der Waals surface area contributed by atoms with Crippen molar-refractivity contribution in [2.75, 3.05) is 27.7 Å². The van der Waals surface area contributed by atoms with E-state index in [0.29, 0.717) is 0 Å². The number of ether oxygens (including phenoxy) is 2. The van der Waals surface area contributed by atoms with E-state index in [1.165, 1.54) is 79.7 Å². The summed E-state index contributed by atoms with van der Waals surface area (Å²) in [5.41, 5.74) is -1.21. The molecule has 1 unspecified atom stereocenters. The molecule has 0 spiro atoms. The first-order chi connectivity index (χ1) is 18.9. The molecule has 4 rings (SSSR count). The average Bonchev–Trinajstić information content (AvgIpc) is 2.91. The highest BCUT2D eigenvalue weighted by molar-refractivity contribution is 7.89. The largest absolute Gasteiger partial charge is 0.618 e. The molecular formula is C27H27F2N3O7S. The van der Waals surface area contributed by atoms with Crippen molar-refractivity contribution in [1.29, 1.82) is 0 Å². The van der Waals surface area contributed by atoms with Crippen LogP contribution < -0.4 is 4.73 Å². The second-order valence-electron chi connectivity index (χ2n) is 9.24. The molecule has 2 heterocycles. The number of pyridine rings is 1. The van der Waals surface area contributed by atoms with Crippen molar-refractivity contribution in [3.05, 3.63) is 101 Å². The molecule has 10 nitrogen and oxygen atoms in total. The third-order valence-corrected chi connectivity index (χ3v) is 8.49. The number of alkyl halides is 2. The van der Waals surface area contributed by atoms with E-state index in [1.807, 2.05) is 0 Å². The van der Waals surface area contributed by atoms with Crippen LogP contribution in [0, 0.1) is 5.21 Å². The molecule has 0 N–H and O–H groups in total. The summed E-state index contributed by atoms with van der Waals surface area (Å²) in [5.74, 6) is -9.05. The van der Waals surface area contributed by atoms with Gasteiger partial charge in [0.15, 0.2) is 6.20 Å². The maximum Gasteiger partial charge on any atom is 0.399 e. The standard InChI is InChI=1S/C27H27F2N3O7S/c1-30(2)24(33)19-10-9-13-21(18-19)40(36,37)32-17-15-22(32)25(34)39-27(38-3,20-11-5-4-6-12-20)26(28,29)23-14-7-8-16-31(23)35/h4-14,16,18,22H,15,17H2,1-3H3/t22-,27?/m0/s1. The SMILES string of the molecule is COC(OC(=O)[C@@H]1CCN1S(=O)(=O)c1cccc(C(=O)N(C)C)c1)(c1ccccc1)C(F)(F)c1cccc[n+]1[O-]. The zero-order chi connectivity index (χ0) is 29.3. The lowest BCUT2D eigenvalue weighted by atomic mass is 9.95. The predicted octanol–water partition coefficient (Wildman–Crippen LogP) is 2.62. The lowest BCUT2D eigenvalue weighted by Gasteiger charge is -2.42. The van der Waals surface area contributed by atoms with Gasteiger partial charge in [-0.05, 0) is 30.7 Å². The van der Waals surface area contributed by atoms with Crippen LogP contribution in [0.1, 0.15) is 28.0 Å². The number of sulfonamides is 1. The molecular weight excluding hydrogens is 548 g/mol. The summed E-state index contributed by atoms with van der Waals surface area (Å²) < 4.78 is 70.5. The Morgan fingerprint density at radius 1 is 1.05 bits per heavy atom. The zero-order valence-electron chi connectivity index (χ0n) is 21.9. The van der Waals surface area contributed by atoms with Gasteiger partial charge in [-0.3, -0.25) is 9.59 Å². The van der Waals surface area contributed by atoms with Crippen molar-refractivity contribution in [3.63, 3.8) is 0 Å². The summed E-state index contributed by atoms with van der Waals surface area (Å²) in [6.45, 7) is -0.0884. The molecule has 1 aromatic heterocycles. The highest BCUT2D eigenvalue weighted by Gasteiger charge is 2.65. The predicted molar refractivity (Wildman–Crippen MR) is 137 cm³/mol. The fourth-order valence-electron chi connectivity index (χ4n) is 4.37. The van der Waals surface area contributed by atoms with Gasteiger partial charge in [0.2, 0.25) is 10.0 Å². The Bertz CT molecular complexity index is 1520. The van der Waals surface area contributed by atoms with Gasteiger partial charge >= 0.3 is 17.7 Å². The highest BCUT2D eigenvalue weighted by Crippen LogP contribution is 2.48. The minimum absolute atomic E-state index is 0.0125. The van der Waals surface area contributed by atoms with Gasteiger partial charge in [0.05, 0.1) is 4.90 Å². The zero-order valence-corrected chi connectivity index (χ0v) is 22.7. The van der Waals surface area contributed by atoms with Crippen LogP contribution in [0.15, 0.2) is 83.9 Å². The molecule has 13 heteroatoms. The molecule has 0 radical (unpaired) electrons. The van der Waals surface area contributed by atoms with Crippen molar-refractivity contribution in [1.82, 2.24) is 9.21 Å². The quantitative estimate of drug-likeness (QED) is 0.167. The van der Waals surface area contributed by atoms with E-state index in [-0.39, 0.29) is 33.7 Å². The summed E-state index contributed by atoms with van der Waals surface area (Å²) in [6, 6.07) is 14.1. The van der Waals surface area contributed by atoms with Crippen LogP contribution in [0.5, 0.6) is 0 Å². The molecule has 0 aliphatic carbocycles. The smallest absolute Gasteiger partial charge is 0.399 e. The Hall–Kier alpha value is -3.94. The molecule has 2 aromatic carbocycles. The number of hydrogen-bond donors (Lipinski definition) is 0. The lowest BCUT2D eigenvalue weighted by Crippen LogP contribution is -2.59. The molecule has 1 aliphatic rings. The van der Waals surface area contributed by atoms with E-state index in [9.17, 15) is 23.2 Å². The number of carbonyl (C=O) groups excluding carboxylic acids is 2. The highest BCUT2D eigenvalue weighted by atomic mass is 32.2. The van der Waals surface area contributed by atoms with Gasteiger partial charge in [-0.2, -0.15) is 17.8 Å². The molecule has 2 atom stereocenters. The van der Waals surface area contributed by atoms with Crippen molar-refractivity contribution in [3.8, 4) is 0 Å². The molecule has 0 bridgehead atoms. The maximum absolute atomic E-state index is 16.2. The fraction of sp³-hybridized carbons (Fsp3) is 0.296. The molecule has 212 valence electrons. The van der Waals surface area contributed by atoms with Crippen LogP contribution in [-0.4, -0.2) is 63.3 Å². The molecule has 1 fully saturated rings. The number of methoxy groups -OCH3 is 1. The molecule has 0 saturated carbocycles. The summed E-state index contributed by atoms with van der Waals surface area (Å²) in [4.78, 5) is 26.8. The second-order valence-corrected chi connectivity index (χ2v) is 11.1. The van der Waals surface area contributed by atoms with Crippen LogP contribution in [0.3, 0.4) is 0 Å². The minimum Gasteiger partial charge on any atom is -0.618 e. The van der Waals surface area contributed by atoms with E-state index in [2.05, 4.69) is 0 Å². The Morgan fingerprint density at radius 3 is 2.30 bits per heavy atom. The fourth-order valence-corrected chi connectivity index (χ4v) is 6.04. The van der Waals surface area contributed by atoms with Crippen molar-refractivity contribution >= 4 is 21.9 Å². The normalized spacial score (nSPS) is 17.4. The Kier molecular flexibility index (Phi) is 7.92. The van der Waals surface area contributed by atoms with E-state index in [4.69, 9.17) is 9.47 Å². The number of esters is 1. The number of aromatic nitrogens is 1.